The Balaban J connectivity index is 1.30. The van der Waals surface area contributed by atoms with Crippen LogP contribution in [0.1, 0.15) is 63.4 Å². The van der Waals surface area contributed by atoms with Gasteiger partial charge in [0, 0.05) is 37.9 Å². The Morgan fingerprint density at radius 1 is 1.22 bits per heavy atom. The number of likely N-dealkylation sites (tertiary alicyclic amines) is 1. The molecule has 0 aromatic carbocycles. The largest absolute Gasteiger partial charge is 0.365 e. The molecule has 1 unspecified atom stereocenters. The number of carbonyl (C=O) groups is 1. The number of amides is 1. The predicted molar refractivity (Wildman–Crippen MR) is 122 cm³/mol. The molecule has 1 saturated carbocycles. The van der Waals surface area contributed by atoms with Crippen LogP contribution in [0.5, 0.6) is 0 Å². The molecule has 7 nitrogen and oxygen atoms in total. The first-order chi connectivity index (χ1) is 15.6. The van der Waals surface area contributed by atoms with E-state index in [1.807, 2.05) is 0 Å². The third-order valence-electron chi connectivity index (χ3n) is 6.43. The summed E-state index contributed by atoms with van der Waals surface area (Å²) in [5.74, 6) is -1.37. The standard InChI is InChI=1S/C23H32ClFN4O3/c24-19-12-16(13-20(25)23(30)28-32-21-9-3-4-11-31-21)14-26-22(19)27-17-6-5-10-29(15-17)18-7-1-2-8-18/h12-14,17-18,21H,1-11,15H2,(H,26,27)(H,28,30)/b20-13+/t17-,21?/m1/s1. The number of rotatable bonds is 7. The number of hydrogen-bond acceptors (Lipinski definition) is 6. The summed E-state index contributed by atoms with van der Waals surface area (Å²) in [6.45, 7) is 2.72. The number of nitrogens with zero attached hydrogens (tertiary/aromatic N) is 2. The average molecular weight is 467 g/mol. The Hall–Kier alpha value is -1.74. The second-order valence-corrected chi connectivity index (χ2v) is 9.26. The fourth-order valence-electron chi connectivity index (χ4n) is 4.74. The number of anilines is 1. The molecule has 0 spiro atoms. The summed E-state index contributed by atoms with van der Waals surface area (Å²) < 4.78 is 19.6. The van der Waals surface area contributed by atoms with Gasteiger partial charge in [0.1, 0.15) is 5.82 Å². The van der Waals surface area contributed by atoms with Gasteiger partial charge in [-0.3, -0.25) is 9.69 Å². The lowest BCUT2D eigenvalue weighted by atomic mass is 10.0. The minimum atomic E-state index is -0.987. The van der Waals surface area contributed by atoms with Crippen molar-refractivity contribution in [3.63, 3.8) is 0 Å². The minimum Gasteiger partial charge on any atom is -0.365 e. The van der Waals surface area contributed by atoms with Crippen LogP contribution in [0.2, 0.25) is 5.02 Å². The molecule has 3 heterocycles. The third-order valence-corrected chi connectivity index (χ3v) is 6.72. The van der Waals surface area contributed by atoms with Crippen molar-refractivity contribution < 1.29 is 18.8 Å². The molecule has 1 amide bonds. The molecular weight excluding hydrogens is 435 g/mol. The number of hydroxylamine groups is 1. The number of ether oxygens (including phenoxy) is 1. The lowest BCUT2D eigenvalue weighted by Gasteiger charge is -2.37. The molecule has 1 aromatic rings. The molecule has 2 N–H and O–H groups in total. The van der Waals surface area contributed by atoms with E-state index in [4.69, 9.17) is 21.2 Å². The quantitative estimate of drug-likeness (QED) is 0.457. The maximum Gasteiger partial charge on any atom is 0.303 e. The smallest absolute Gasteiger partial charge is 0.303 e. The zero-order valence-electron chi connectivity index (χ0n) is 18.3. The van der Waals surface area contributed by atoms with Crippen molar-refractivity contribution in [3.05, 3.63) is 28.7 Å². The molecule has 9 heteroatoms. The van der Waals surface area contributed by atoms with Gasteiger partial charge >= 0.3 is 5.91 Å². The molecule has 0 bridgehead atoms. The number of hydrogen-bond donors (Lipinski definition) is 2. The highest BCUT2D eigenvalue weighted by atomic mass is 35.5. The Kier molecular flexibility index (Phi) is 8.35. The molecule has 32 heavy (non-hydrogen) atoms. The van der Waals surface area contributed by atoms with Gasteiger partial charge in [0.2, 0.25) is 0 Å². The van der Waals surface area contributed by atoms with Crippen LogP contribution in [0.15, 0.2) is 18.1 Å². The molecule has 2 saturated heterocycles. The van der Waals surface area contributed by atoms with Gasteiger partial charge in [0.25, 0.3) is 0 Å². The van der Waals surface area contributed by atoms with Crippen LogP contribution in [0.3, 0.4) is 0 Å². The zero-order valence-corrected chi connectivity index (χ0v) is 19.1. The van der Waals surface area contributed by atoms with Gasteiger partial charge in [-0.05, 0) is 62.8 Å². The number of piperidine rings is 1. The van der Waals surface area contributed by atoms with Gasteiger partial charge < -0.3 is 10.1 Å². The third kappa shape index (κ3) is 6.41. The van der Waals surface area contributed by atoms with E-state index in [2.05, 4.69) is 20.7 Å². The molecule has 1 aromatic heterocycles. The predicted octanol–water partition coefficient (Wildman–Crippen LogP) is 4.44. The topological polar surface area (TPSA) is 75.7 Å². The van der Waals surface area contributed by atoms with E-state index in [0.29, 0.717) is 35.5 Å². The van der Waals surface area contributed by atoms with Crippen LogP contribution in [0.4, 0.5) is 10.2 Å². The van der Waals surface area contributed by atoms with Gasteiger partial charge in [-0.1, -0.05) is 24.4 Å². The second-order valence-electron chi connectivity index (χ2n) is 8.85. The van der Waals surface area contributed by atoms with E-state index in [0.717, 1.165) is 44.8 Å². The van der Waals surface area contributed by atoms with Gasteiger partial charge in [-0.25, -0.2) is 19.7 Å². The lowest BCUT2D eigenvalue weighted by molar-refractivity contribution is -0.199. The molecule has 1 aliphatic carbocycles. The van der Waals surface area contributed by atoms with Crippen molar-refractivity contribution in [1.29, 1.82) is 0 Å². The lowest BCUT2D eigenvalue weighted by Crippen LogP contribution is -2.46. The maximum atomic E-state index is 14.3. The van der Waals surface area contributed by atoms with Crippen molar-refractivity contribution in [3.8, 4) is 0 Å². The number of carbonyl (C=O) groups excluding carboxylic acids is 1. The molecule has 3 fully saturated rings. The average Bonchev–Trinajstić information content (AvgIpc) is 3.35. The summed E-state index contributed by atoms with van der Waals surface area (Å²) in [6, 6.07) is 2.60. The van der Waals surface area contributed by atoms with E-state index < -0.39 is 18.0 Å². The van der Waals surface area contributed by atoms with Crippen molar-refractivity contribution in [1.82, 2.24) is 15.4 Å². The van der Waals surface area contributed by atoms with E-state index in [9.17, 15) is 9.18 Å². The van der Waals surface area contributed by atoms with E-state index in [-0.39, 0.29) is 6.04 Å². The SMILES string of the molecule is O=C(NOC1CCCCO1)/C(F)=C\c1cnc(N[C@@H]2CCCN(C3CCCC3)C2)c(Cl)c1. The number of nitrogens with one attached hydrogen (secondary N) is 2. The minimum absolute atomic E-state index is 0.289. The van der Waals surface area contributed by atoms with Crippen LogP contribution in [-0.2, 0) is 14.4 Å². The fourth-order valence-corrected chi connectivity index (χ4v) is 4.97. The van der Waals surface area contributed by atoms with Gasteiger partial charge in [0.15, 0.2) is 12.1 Å². The normalized spacial score (nSPS) is 25.6. The highest BCUT2D eigenvalue weighted by Crippen LogP contribution is 2.28. The van der Waals surface area contributed by atoms with Crippen LogP contribution < -0.4 is 10.8 Å². The number of pyridine rings is 1. The summed E-state index contributed by atoms with van der Waals surface area (Å²) in [6.07, 6.45) is 12.1. The first-order valence-electron chi connectivity index (χ1n) is 11.7. The van der Waals surface area contributed by atoms with Crippen molar-refractivity contribution in [2.75, 3.05) is 25.0 Å². The monoisotopic (exact) mass is 466 g/mol. The summed E-state index contributed by atoms with van der Waals surface area (Å²) >= 11 is 6.41. The molecule has 0 radical (unpaired) electrons. The Labute approximate surface area is 193 Å². The number of aromatic nitrogens is 1. The van der Waals surface area contributed by atoms with E-state index >= 15 is 0 Å². The van der Waals surface area contributed by atoms with E-state index in [1.54, 1.807) is 6.07 Å². The molecule has 176 valence electrons. The Bertz CT molecular complexity index is 812. The molecule has 2 atom stereocenters. The summed E-state index contributed by atoms with van der Waals surface area (Å²) in [5, 5.41) is 3.85. The van der Waals surface area contributed by atoms with Crippen molar-refractivity contribution in [2.45, 2.75) is 76.2 Å². The zero-order chi connectivity index (χ0) is 22.3. The molecule has 3 aliphatic rings. The summed E-state index contributed by atoms with van der Waals surface area (Å²) in [5.41, 5.74) is 2.50. The fraction of sp³-hybridized carbons (Fsp3) is 0.652. The van der Waals surface area contributed by atoms with E-state index in [1.165, 1.54) is 31.9 Å². The Morgan fingerprint density at radius 3 is 2.78 bits per heavy atom. The van der Waals surface area contributed by atoms with Gasteiger partial charge in [-0.15, -0.1) is 0 Å². The van der Waals surface area contributed by atoms with Crippen molar-refractivity contribution >= 4 is 29.4 Å². The summed E-state index contributed by atoms with van der Waals surface area (Å²) in [7, 11) is 0. The maximum absolute atomic E-state index is 14.3. The van der Waals surface area contributed by atoms with Crippen LogP contribution in [-0.4, -0.2) is 53.9 Å². The highest BCUT2D eigenvalue weighted by Gasteiger charge is 2.28. The Morgan fingerprint density at radius 2 is 2.03 bits per heavy atom. The van der Waals surface area contributed by atoms with Gasteiger partial charge in [-0.2, -0.15) is 0 Å². The van der Waals surface area contributed by atoms with Crippen LogP contribution >= 0.6 is 11.6 Å². The molecule has 2 aliphatic heterocycles. The molecular formula is C23H32ClFN4O3. The molecule has 4 rings (SSSR count). The first-order valence-corrected chi connectivity index (χ1v) is 12.1. The van der Waals surface area contributed by atoms with Crippen LogP contribution in [0.25, 0.3) is 6.08 Å². The number of halogens is 2. The van der Waals surface area contributed by atoms with Gasteiger partial charge in [0.05, 0.1) is 5.02 Å². The van der Waals surface area contributed by atoms with Crippen LogP contribution in [0, 0.1) is 0 Å². The second kappa shape index (κ2) is 11.4. The highest BCUT2D eigenvalue weighted by molar-refractivity contribution is 6.33. The summed E-state index contributed by atoms with van der Waals surface area (Å²) in [4.78, 5) is 24.0. The van der Waals surface area contributed by atoms with Crippen molar-refractivity contribution in [2.24, 2.45) is 0 Å². The first kappa shape index (κ1) is 23.4.